The maximum atomic E-state index is 12.6. The molecule has 1 N–H and O–H groups in total. The molecule has 2 aromatic rings. The van der Waals surface area contributed by atoms with Gasteiger partial charge in [-0.3, -0.25) is 0 Å². The van der Waals surface area contributed by atoms with Crippen molar-refractivity contribution in [3.05, 3.63) is 45.8 Å². The van der Waals surface area contributed by atoms with Crippen molar-refractivity contribution in [2.75, 3.05) is 38.1 Å². The number of pyridine rings is 2. The van der Waals surface area contributed by atoms with E-state index in [-0.39, 0.29) is 16.6 Å². The molecular weight excluding hydrogens is 442 g/mol. The van der Waals surface area contributed by atoms with Gasteiger partial charge in [-0.25, -0.2) is 23.1 Å². The predicted octanol–water partition coefficient (Wildman–Crippen LogP) is 2.12. The van der Waals surface area contributed by atoms with Crippen LogP contribution in [0.4, 0.5) is 5.82 Å². The third-order valence-corrected chi connectivity index (χ3v) is 6.45. The summed E-state index contributed by atoms with van der Waals surface area (Å²) in [5.74, 6) is 0.807. The van der Waals surface area contributed by atoms with E-state index in [1.54, 1.807) is 12.3 Å². The number of likely N-dealkylation sites (N-methyl/N-ethyl adjacent to an activating group) is 1. The molecule has 0 atom stereocenters. The van der Waals surface area contributed by atoms with Crippen molar-refractivity contribution in [3.63, 3.8) is 0 Å². The average Bonchev–Trinajstić information content (AvgIpc) is 2.63. The molecule has 0 aromatic carbocycles. The summed E-state index contributed by atoms with van der Waals surface area (Å²) in [7, 11) is -1.71. The molecule has 0 saturated carbocycles. The van der Waals surface area contributed by atoms with Gasteiger partial charge in [0.1, 0.15) is 15.9 Å². The lowest BCUT2D eigenvalue weighted by atomic mass is 10.2. The van der Waals surface area contributed by atoms with E-state index in [0.29, 0.717) is 4.47 Å². The normalized spacial score (nSPS) is 16.0. The van der Waals surface area contributed by atoms with Crippen LogP contribution in [-0.4, -0.2) is 56.5 Å². The van der Waals surface area contributed by atoms with Crippen molar-refractivity contribution in [1.29, 1.82) is 0 Å². The van der Waals surface area contributed by atoms with Gasteiger partial charge in [-0.15, -0.1) is 0 Å². The molecule has 1 aliphatic heterocycles. The zero-order valence-corrected chi connectivity index (χ0v) is 17.4. The maximum Gasteiger partial charge on any atom is 0.243 e. The summed E-state index contributed by atoms with van der Waals surface area (Å²) in [4.78, 5) is 12.7. The maximum absolute atomic E-state index is 12.6. The van der Waals surface area contributed by atoms with E-state index >= 15 is 0 Å². The highest BCUT2D eigenvalue weighted by atomic mass is 79.9. The first-order chi connectivity index (χ1) is 12.4. The minimum absolute atomic E-state index is 0.0569. The number of aromatic nitrogens is 2. The van der Waals surface area contributed by atoms with Gasteiger partial charge in [0.25, 0.3) is 0 Å². The third-order valence-electron chi connectivity index (χ3n) is 4.19. The second-order valence-corrected chi connectivity index (χ2v) is 9.05. The van der Waals surface area contributed by atoms with Crippen molar-refractivity contribution in [1.82, 2.24) is 19.6 Å². The molecule has 3 rings (SSSR count). The van der Waals surface area contributed by atoms with Gasteiger partial charge in [0, 0.05) is 55.2 Å². The van der Waals surface area contributed by atoms with Gasteiger partial charge in [-0.2, -0.15) is 0 Å². The van der Waals surface area contributed by atoms with Crippen LogP contribution < -0.4 is 9.62 Å². The van der Waals surface area contributed by atoms with Crippen molar-refractivity contribution >= 4 is 43.4 Å². The van der Waals surface area contributed by atoms with Crippen LogP contribution in [0.1, 0.15) is 5.56 Å². The number of sulfonamides is 1. The Morgan fingerprint density at radius 2 is 2.00 bits per heavy atom. The SMILES string of the molecule is CN1CCN(c2ncccc2CNS(=O)(=O)c2cc(Br)cnc2Cl)CC1. The largest absolute Gasteiger partial charge is 0.354 e. The number of piperazine rings is 1. The lowest BCUT2D eigenvalue weighted by Crippen LogP contribution is -2.45. The average molecular weight is 461 g/mol. The van der Waals surface area contributed by atoms with Gasteiger partial charge in [0.2, 0.25) is 10.0 Å². The first-order valence-corrected chi connectivity index (χ1v) is 10.7. The first kappa shape index (κ1) is 19.5. The van der Waals surface area contributed by atoms with Crippen molar-refractivity contribution in [2.45, 2.75) is 11.4 Å². The highest BCUT2D eigenvalue weighted by Crippen LogP contribution is 2.24. The molecule has 1 fully saturated rings. The van der Waals surface area contributed by atoms with E-state index in [4.69, 9.17) is 11.6 Å². The Morgan fingerprint density at radius 3 is 2.73 bits per heavy atom. The molecule has 3 heterocycles. The van der Waals surface area contributed by atoms with Crippen LogP contribution in [0.2, 0.25) is 5.15 Å². The summed E-state index contributed by atoms with van der Waals surface area (Å²) in [5.41, 5.74) is 0.819. The standard InChI is InChI=1S/C16H19BrClN5O2S/c1-22-5-7-23(8-6-22)16-12(3-2-4-19-16)10-21-26(24,25)14-9-13(17)11-20-15(14)18/h2-4,9,11,21H,5-8,10H2,1H3. The number of hydrogen-bond acceptors (Lipinski definition) is 6. The van der Waals surface area contributed by atoms with Crippen LogP contribution in [0.3, 0.4) is 0 Å². The third kappa shape index (κ3) is 4.52. The molecule has 0 bridgehead atoms. The number of nitrogens with one attached hydrogen (secondary N) is 1. The second kappa shape index (κ2) is 8.18. The molecule has 2 aromatic heterocycles. The van der Waals surface area contributed by atoms with E-state index in [2.05, 4.69) is 47.5 Å². The Hall–Kier alpha value is -1.26. The van der Waals surface area contributed by atoms with Crippen LogP contribution in [-0.2, 0) is 16.6 Å². The lowest BCUT2D eigenvalue weighted by molar-refractivity contribution is 0.312. The predicted molar refractivity (Wildman–Crippen MR) is 105 cm³/mol. The highest BCUT2D eigenvalue weighted by molar-refractivity contribution is 9.10. The van der Waals surface area contributed by atoms with E-state index in [9.17, 15) is 8.42 Å². The van der Waals surface area contributed by atoms with Gasteiger partial charge in [0.05, 0.1) is 0 Å². The summed E-state index contributed by atoms with van der Waals surface area (Å²) in [5, 5.41) is -0.0637. The summed E-state index contributed by atoms with van der Waals surface area (Å²) < 4.78 is 28.4. The summed E-state index contributed by atoms with van der Waals surface area (Å²) in [6.45, 7) is 3.73. The number of halogens is 2. The van der Waals surface area contributed by atoms with Crippen molar-refractivity contribution in [2.24, 2.45) is 0 Å². The fourth-order valence-electron chi connectivity index (χ4n) is 2.71. The van der Waals surface area contributed by atoms with Crippen LogP contribution in [0.15, 0.2) is 40.0 Å². The molecule has 26 heavy (non-hydrogen) atoms. The highest BCUT2D eigenvalue weighted by Gasteiger charge is 2.22. The second-order valence-electron chi connectivity index (χ2n) is 6.04. The van der Waals surface area contributed by atoms with E-state index in [1.165, 1.54) is 12.3 Å². The Labute approximate surface area is 166 Å². The minimum Gasteiger partial charge on any atom is -0.354 e. The summed E-state index contributed by atoms with van der Waals surface area (Å²) >= 11 is 9.17. The molecular formula is C16H19BrClN5O2S. The molecule has 0 aliphatic carbocycles. The van der Waals surface area contributed by atoms with Crippen LogP contribution in [0.25, 0.3) is 0 Å². The lowest BCUT2D eigenvalue weighted by Gasteiger charge is -2.34. The number of rotatable bonds is 5. The first-order valence-electron chi connectivity index (χ1n) is 8.05. The zero-order chi connectivity index (χ0) is 18.7. The fourth-order valence-corrected chi connectivity index (χ4v) is 4.66. The van der Waals surface area contributed by atoms with Crippen LogP contribution in [0.5, 0.6) is 0 Å². The number of hydrogen-bond donors (Lipinski definition) is 1. The molecule has 7 nitrogen and oxygen atoms in total. The van der Waals surface area contributed by atoms with E-state index < -0.39 is 10.0 Å². The van der Waals surface area contributed by atoms with E-state index in [0.717, 1.165) is 37.6 Å². The van der Waals surface area contributed by atoms with Gasteiger partial charge in [0.15, 0.2) is 0 Å². The zero-order valence-electron chi connectivity index (χ0n) is 14.2. The minimum atomic E-state index is -3.80. The molecule has 0 radical (unpaired) electrons. The van der Waals surface area contributed by atoms with Crippen molar-refractivity contribution in [3.8, 4) is 0 Å². The van der Waals surface area contributed by atoms with E-state index in [1.807, 2.05) is 6.07 Å². The van der Waals surface area contributed by atoms with Gasteiger partial charge in [-0.05, 0) is 35.1 Å². The van der Waals surface area contributed by atoms with Gasteiger partial charge >= 0.3 is 0 Å². The molecule has 0 unspecified atom stereocenters. The smallest absolute Gasteiger partial charge is 0.243 e. The molecule has 0 spiro atoms. The molecule has 1 aliphatic rings. The van der Waals surface area contributed by atoms with Crippen LogP contribution in [0, 0.1) is 0 Å². The van der Waals surface area contributed by atoms with Gasteiger partial charge in [-0.1, -0.05) is 17.7 Å². The van der Waals surface area contributed by atoms with Gasteiger partial charge < -0.3 is 9.80 Å². The summed E-state index contributed by atoms with van der Waals surface area (Å²) in [6.07, 6.45) is 3.18. The Bertz CT molecular complexity index is 888. The topological polar surface area (TPSA) is 78.4 Å². The van der Waals surface area contributed by atoms with Crippen LogP contribution >= 0.6 is 27.5 Å². The Balaban J connectivity index is 1.78. The Morgan fingerprint density at radius 1 is 1.27 bits per heavy atom. The molecule has 10 heteroatoms. The molecule has 1 saturated heterocycles. The molecule has 140 valence electrons. The number of nitrogens with zero attached hydrogens (tertiary/aromatic N) is 4. The quantitative estimate of drug-likeness (QED) is 0.689. The monoisotopic (exact) mass is 459 g/mol. The molecule has 0 amide bonds. The Kier molecular flexibility index (Phi) is 6.13. The van der Waals surface area contributed by atoms with Crippen molar-refractivity contribution < 1.29 is 8.42 Å². The summed E-state index contributed by atoms with van der Waals surface area (Å²) in [6, 6.07) is 5.11. The fraction of sp³-hybridized carbons (Fsp3) is 0.375. The number of anilines is 1.